The van der Waals surface area contributed by atoms with Gasteiger partial charge in [0, 0.05) is 6.07 Å². The zero-order valence-electron chi connectivity index (χ0n) is 15.3. The summed E-state index contributed by atoms with van der Waals surface area (Å²) in [5, 5.41) is 8.74. The van der Waals surface area contributed by atoms with E-state index in [2.05, 4.69) is 19.1 Å². The van der Waals surface area contributed by atoms with E-state index in [0.717, 1.165) is 18.9 Å². The first-order valence-electron chi connectivity index (χ1n) is 9.25. The fourth-order valence-corrected chi connectivity index (χ4v) is 3.62. The Hall–Kier alpha value is -2.93. The van der Waals surface area contributed by atoms with Crippen LogP contribution in [-0.2, 0) is 0 Å². The van der Waals surface area contributed by atoms with Crippen LogP contribution in [0.1, 0.15) is 60.0 Å². The van der Waals surface area contributed by atoms with Gasteiger partial charge in [0.25, 0.3) is 0 Å². The van der Waals surface area contributed by atoms with Gasteiger partial charge in [0.1, 0.15) is 17.6 Å². The quantitative estimate of drug-likeness (QED) is 0.394. The molecular weight excluding hydrogens is 341 g/mol. The summed E-state index contributed by atoms with van der Waals surface area (Å²) in [4.78, 5) is 12.3. The maximum Gasteiger partial charge on any atom is 0.343 e. The number of halogens is 1. The minimum Gasteiger partial charge on any atom is -0.423 e. The minimum absolute atomic E-state index is 0.0803. The first kappa shape index (κ1) is 18.8. The summed E-state index contributed by atoms with van der Waals surface area (Å²) in [5.74, 6) is 0.0644. The fourth-order valence-electron chi connectivity index (χ4n) is 3.62. The van der Waals surface area contributed by atoms with Crippen molar-refractivity contribution in [2.75, 3.05) is 0 Å². The number of nitrogens with zero attached hydrogens (tertiary/aromatic N) is 1. The maximum atomic E-state index is 13.6. The molecule has 0 spiro atoms. The molecule has 1 saturated carbocycles. The maximum absolute atomic E-state index is 13.6. The van der Waals surface area contributed by atoms with E-state index < -0.39 is 11.8 Å². The molecule has 0 heterocycles. The van der Waals surface area contributed by atoms with Gasteiger partial charge in [-0.15, -0.1) is 0 Å². The lowest BCUT2D eigenvalue weighted by Gasteiger charge is -2.27. The number of esters is 1. The SMILES string of the molecule is C/C=C/[C@H]1CC[C@H](c2ccc(C(=O)Oc3ccc(C#N)c(F)c3)cc2)CC1. The second kappa shape index (κ2) is 8.64. The van der Waals surface area contributed by atoms with Crippen molar-refractivity contribution in [3.05, 3.63) is 77.1 Å². The molecule has 0 atom stereocenters. The first-order chi connectivity index (χ1) is 13.1. The molecule has 138 valence electrons. The lowest BCUT2D eigenvalue weighted by Crippen LogP contribution is -2.12. The minimum atomic E-state index is -0.702. The van der Waals surface area contributed by atoms with Gasteiger partial charge in [0.2, 0.25) is 0 Å². The highest BCUT2D eigenvalue weighted by Gasteiger charge is 2.21. The van der Waals surface area contributed by atoms with E-state index in [1.807, 2.05) is 12.1 Å². The summed E-state index contributed by atoms with van der Waals surface area (Å²) in [6.07, 6.45) is 9.13. The van der Waals surface area contributed by atoms with Crippen LogP contribution in [0.2, 0.25) is 0 Å². The zero-order chi connectivity index (χ0) is 19.2. The number of carbonyl (C=O) groups excluding carboxylic acids is 1. The number of nitriles is 1. The van der Waals surface area contributed by atoms with Gasteiger partial charge in [-0.3, -0.25) is 0 Å². The van der Waals surface area contributed by atoms with Crippen LogP contribution in [0.5, 0.6) is 5.75 Å². The van der Waals surface area contributed by atoms with Crippen LogP contribution in [0.3, 0.4) is 0 Å². The number of allylic oxidation sites excluding steroid dienone is 2. The number of carbonyl (C=O) groups is 1. The van der Waals surface area contributed by atoms with Crippen molar-refractivity contribution in [2.24, 2.45) is 5.92 Å². The van der Waals surface area contributed by atoms with E-state index in [9.17, 15) is 9.18 Å². The van der Waals surface area contributed by atoms with E-state index in [1.165, 1.54) is 30.5 Å². The highest BCUT2D eigenvalue weighted by molar-refractivity contribution is 5.91. The molecule has 0 amide bonds. The zero-order valence-corrected chi connectivity index (χ0v) is 15.3. The van der Waals surface area contributed by atoms with Crippen LogP contribution in [-0.4, -0.2) is 5.97 Å². The van der Waals surface area contributed by atoms with E-state index >= 15 is 0 Å². The summed E-state index contributed by atoms with van der Waals surface area (Å²) in [5.41, 5.74) is 1.59. The molecule has 0 bridgehead atoms. The van der Waals surface area contributed by atoms with E-state index in [-0.39, 0.29) is 11.3 Å². The second-order valence-electron chi connectivity index (χ2n) is 6.90. The van der Waals surface area contributed by atoms with Crippen LogP contribution in [0.4, 0.5) is 4.39 Å². The Bertz CT molecular complexity index is 872. The molecule has 1 aliphatic rings. The van der Waals surface area contributed by atoms with Gasteiger partial charge in [-0.05, 0) is 74.3 Å². The topological polar surface area (TPSA) is 50.1 Å². The predicted molar refractivity (Wildman–Crippen MR) is 102 cm³/mol. The summed E-state index contributed by atoms with van der Waals surface area (Å²) < 4.78 is 18.8. The number of hydrogen-bond acceptors (Lipinski definition) is 3. The summed E-state index contributed by atoms with van der Waals surface area (Å²) in [6, 6.07) is 13.0. The molecule has 0 N–H and O–H groups in total. The van der Waals surface area contributed by atoms with Gasteiger partial charge in [-0.1, -0.05) is 24.3 Å². The van der Waals surface area contributed by atoms with Crippen molar-refractivity contribution >= 4 is 5.97 Å². The van der Waals surface area contributed by atoms with Gasteiger partial charge in [-0.25, -0.2) is 9.18 Å². The molecule has 1 aliphatic carbocycles. The van der Waals surface area contributed by atoms with E-state index in [1.54, 1.807) is 18.2 Å². The van der Waals surface area contributed by atoms with Gasteiger partial charge in [0.05, 0.1) is 11.1 Å². The molecule has 2 aromatic rings. The van der Waals surface area contributed by atoms with E-state index in [0.29, 0.717) is 17.4 Å². The molecule has 2 aromatic carbocycles. The third-order valence-corrected chi connectivity index (χ3v) is 5.13. The van der Waals surface area contributed by atoms with Gasteiger partial charge in [-0.2, -0.15) is 5.26 Å². The summed E-state index contributed by atoms with van der Waals surface area (Å²) in [7, 11) is 0. The third-order valence-electron chi connectivity index (χ3n) is 5.13. The van der Waals surface area contributed by atoms with Crippen molar-refractivity contribution in [3.63, 3.8) is 0 Å². The molecule has 0 saturated heterocycles. The second-order valence-corrected chi connectivity index (χ2v) is 6.90. The largest absolute Gasteiger partial charge is 0.423 e. The molecule has 27 heavy (non-hydrogen) atoms. The van der Waals surface area contributed by atoms with Crippen LogP contribution in [0.15, 0.2) is 54.6 Å². The molecule has 0 unspecified atom stereocenters. The van der Waals surface area contributed by atoms with Crippen molar-refractivity contribution < 1.29 is 13.9 Å². The number of rotatable bonds is 4. The fraction of sp³-hybridized carbons (Fsp3) is 0.304. The summed E-state index contributed by atoms with van der Waals surface area (Å²) >= 11 is 0. The van der Waals surface area contributed by atoms with Crippen LogP contribution in [0, 0.1) is 23.1 Å². The first-order valence-corrected chi connectivity index (χ1v) is 9.25. The monoisotopic (exact) mass is 363 g/mol. The molecule has 0 aromatic heterocycles. The third kappa shape index (κ3) is 4.62. The predicted octanol–water partition coefficient (Wildman–Crippen LogP) is 5.77. The lowest BCUT2D eigenvalue weighted by molar-refractivity contribution is 0.0734. The van der Waals surface area contributed by atoms with Gasteiger partial charge < -0.3 is 4.74 Å². The van der Waals surface area contributed by atoms with Gasteiger partial charge >= 0.3 is 5.97 Å². The number of benzene rings is 2. The number of ether oxygens (including phenoxy) is 1. The Morgan fingerprint density at radius 2 is 1.85 bits per heavy atom. The Morgan fingerprint density at radius 3 is 2.44 bits per heavy atom. The normalized spacial score (nSPS) is 19.6. The molecule has 3 rings (SSSR count). The number of hydrogen-bond donors (Lipinski definition) is 0. The Kier molecular flexibility index (Phi) is 6.03. The Balaban J connectivity index is 1.62. The molecular formula is C23H22FNO2. The average molecular weight is 363 g/mol. The standard InChI is InChI=1S/C23H22FNO2/c1-2-3-16-4-6-17(7-5-16)18-8-10-19(11-9-18)23(26)27-21-13-12-20(15-25)22(24)14-21/h2-3,8-14,16-17H,4-7H2,1H3/b3-2+/t16-,17-. The molecule has 1 fully saturated rings. The average Bonchev–Trinajstić information content (AvgIpc) is 2.69. The highest BCUT2D eigenvalue weighted by Crippen LogP contribution is 2.36. The van der Waals surface area contributed by atoms with Gasteiger partial charge in [0.15, 0.2) is 0 Å². The van der Waals surface area contributed by atoms with Crippen LogP contribution >= 0.6 is 0 Å². The van der Waals surface area contributed by atoms with Crippen molar-refractivity contribution in [1.82, 2.24) is 0 Å². The lowest BCUT2D eigenvalue weighted by atomic mass is 9.78. The van der Waals surface area contributed by atoms with Crippen LogP contribution in [0.25, 0.3) is 0 Å². The Labute approximate surface area is 159 Å². The van der Waals surface area contributed by atoms with Crippen LogP contribution < -0.4 is 4.74 Å². The van der Waals surface area contributed by atoms with Crippen molar-refractivity contribution in [2.45, 2.75) is 38.5 Å². The molecule has 0 radical (unpaired) electrons. The summed E-state index contributed by atoms with van der Waals surface area (Å²) in [6.45, 7) is 2.07. The smallest absolute Gasteiger partial charge is 0.343 e. The highest BCUT2D eigenvalue weighted by atomic mass is 19.1. The molecule has 0 aliphatic heterocycles. The van der Waals surface area contributed by atoms with Crippen molar-refractivity contribution in [1.29, 1.82) is 5.26 Å². The molecule has 3 nitrogen and oxygen atoms in total. The Morgan fingerprint density at radius 1 is 1.15 bits per heavy atom. The molecule has 4 heteroatoms. The van der Waals surface area contributed by atoms with Crippen molar-refractivity contribution in [3.8, 4) is 11.8 Å². The van der Waals surface area contributed by atoms with E-state index in [4.69, 9.17) is 10.00 Å².